The Hall–Kier alpha value is -0.380. The van der Waals surface area contributed by atoms with Crippen molar-refractivity contribution in [3.05, 3.63) is 0 Å². The Morgan fingerprint density at radius 3 is 2.46 bits per heavy atom. The lowest BCUT2D eigenvalue weighted by molar-refractivity contribution is -0.208. The first-order valence-corrected chi connectivity index (χ1v) is 11.9. The molecule has 0 bridgehead atoms. The van der Waals surface area contributed by atoms with Gasteiger partial charge in [0, 0.05) is 0 Å². The first kappa shape index (κ1) is 22.3. The summed E-state index contributed by atoms with van der Waals surface area (Å²) in [5.41, 5.74) is -0.641. The summed E-state index contributed by atoms with van der Waals surface area (Å²) in [6, 6.07) is -0.684. The van der Waals surface area contributed by atoms with Gasteiger partial charge in [-0.3, -0.25) is 4.79 Å². The molecule has 8 heteroatoms. The molecule has 8 atom stereocenters. The molecule has 1 aliphatic carbocycles. The highest BCUT2D eigenvalue weighted by Gasteiger charge is 2.47. The number of piperidine rings is 1. The second-order valence-electron chi connectivity index (χ2n) is 9.03. The van der Waals surface area contributed by atoms with Crippen molar-refractivity contribution in [1.82, 2.24) is 10.6 Å². The van der Waals surface area contributed by atoms with Crippen molar-refractivity contribution >= 4 is 17.7 Å². The van der Waals surface area contributed by atoms with Crippen molar-refractivity contribution in [2.45, 2.75) is 87.9 Å². The van der Waals surface area contributed by atoms with E-state index in [2.05, 4.69) is 10.6 Å². The molecule has 0 aromatic rings. The predicted octanol–water partition coefficient (Wildman–Crippen LogP) is 0.466. The molecule has 2 saturated heterocycles. The van der Waals surface area contributed by atoms with Crippen LogP contribution in [0, 0.1) is 17.8 Å². The van der Waals surface area contributed by atoms with Crippen LogP contribution in [0.4, 0.5) is 0 Å². The maximum Gasteiger partial charge on any atom is 0.237 e. The number of carbonyl (C=O) groups is 1. The lowest BCUT2D eigenvalue weighted by atomic mass is 9.86. The van der Waals surface area contributed by atoms with Crippen LogP contribution >= 0.6 is 11.8 Å². The van der Waals surface area contributed by atoms with Gasteiger partial charge in [0.2, 0.25) is 5.91 Å². The van der Waals surface area contributed by atoms with Gasteiger partial charge in [-0.05, 0) is 49.8 Å². The van der Waals surface area contributed by atoms with E-state index < -0.39 is 35.9 Å². The third-order valence-corrected chi connectivity index (χ3v) is 7.27. The molecule has 3 aliphatic rings. The number of thioether (sulfide) groups is 1. The quantitative estimate of drug-likeness (QED) is 0.410. The minimum absolute atomic E-state index is 0.000555. The van der Waals surface area contributed by atoms with Crippen LogP contribution < -0.4 is 10.6 Å². The molecule has 1 amide bonds. The summed E-state index contributed by atoms with van der Waals surface area (Å²) >= 11 is 1.28. The number of aliphatic hydroxyl groups is 3. The van der Waals surface area contributed by atoms with E-state index in [0.717, 1.165) is 25.3 Å². The molecule has 162 valence electrons. The highest BCUT2D eigenvalue weighted by atomic mass is 32.2. The average molecular weight is 417 g/mol. The average Bonchev–Trinajstić information content (AvgIpc) is 3.49. The van der Waals surface area contributed by atoms with Gasteiger partial charge in [-0.25, -0.2) is 0 Å². The van der Waals surface area contributed by atoms with E-state index in [1.165, 1.54) is 31.0 Å². The standard InChI is InChI=1S/C20H36N2O5S/c1-10(2)14(18-16(24)15(23)17(25)20(27-18)28-3)22-19(26)13-9-12(6-7-21-13)8-11-4-5-11/h10-18,20-21,23-25H,4-9H2,1-3H3,(H,22,26)/t12-,13-,14+,15-,16+,17+,18+,20+/m0/s1. The summed E-state index contributed by atoms with van der Waals surface area (Å²) < 4.78 is 5.89. The molecular formula is C20H36N2O5S. The number of ether oxygens (including phenoxy) is 1. The molecule has 0 spiro atoms. The first-order chi connectivity index (χ1) is 13.3. The van der Waals surface area contributed by atoms with E-state index in [-0.39, 0.29) is 17.9 Å². The number of rotatable bonds is 7. The van der Waals surface area contributed by atoms with Crippen LogP contribution in [0.1, 0.15) is 46.0 Å². The Balaban J connectivity index is 1.63. The zero-order valence-corrected chi connectivity index (χ0v) is 17.9. The van der Waals surface area contributed by atoms with Gasteiger partial charge in [-0.2, -0.15) is 0 Å². The van der Waals surface area contributed by atoms with Gasteiger partial charge in [0.05, 0.1) is 12.1 Å². The minimum atomic E-state index is -1.30. The summed E-state index contributed by atoms with van der Waals surface area (Å²) in [5, 5.41) is 37.2. The highest BCUT2D eigenvalue weighted by Crippen LogP contribution is 2.38. The number of carbonyl (C=O) groups excluding carboxylic acids is 1. The summed E-state index contributed by atoms with van der Waals surface area (Å²) in [4.78, 5) is 13.0. The molecule has 0 unspecified atom stereocenters. The van der Waals surface area contributed by atoms with E-state index >= 15 is 0 Å². The van der Waals surface area contributed by atoms with Crippen LogP contribution in [0.25, 0.3) is 0 Å². The van der Waals surface area contributed by atoms with Gasteiger partial charge in [0.15, 0.2) is 0 Å². The van der Waals surface area contributed by atoms with E-state index in [0.29, 0.717) is 5.92 Å². The third kappa shape index (κ3) is 5.21. The molecule has 28 heavy (non-hydrogen) atoms. The Bertz CT molecular complexity index is 531. The molecule has 3 fully saturated rings. The fraction of sp³-hybridized carbons (Fsp3) is 0.950. The minimum Gasteiger partial charge on any atom is -0.388 e. The molecular weight excluding hydrogens is 380 g/mol. The van der Waals surface area contributed by atoms with Crippen LogP contribution in [-0.2, 0) is 9.53 Å². The van der Waals surface area contributed by atoms with Crippen LogP contribution in [0.5, 0.6) is 0 Å². The van der Waals surface area contributed by atoms with Crippen molar-refractivity contribution in [3.63, 3.8) is 0 Å². The number of amides is 1. The largest absolute Gasteiger partial charge is 0.388 e. The topological polar surface area (TPSA) is 111 Å². The fourth-order valence-corrected chi connectivity index (χ4v) is 5.17. The number of hydrogen-bond donors (Lipinski definition) is 5. The lowest BCUT2D eigenvalue weighted by Crippen LogP contribution is -2.65. The molecule has 2 aliphatic heterocycles. The van der Waals surface area contributed by atoms with Crippen molar-refractivity contribution < 1.29 is 24.9 Å². The van der Waals surface area contributed by atoms with Gasteiger partial charge in [0.1, 0.15) is 29.9 Å². The summed E-state index contributed by atoms with van der Waals surface area (Å²) in [6.45, 7) is 4.76. The van der Waals surface area contributed by atoms with Crippen LogP contribution in [-0.4, -0.2) is 76.0 Å². The predicted molar refractivity (Wildman–Crippen MR) is 109 cm³/mol. The molecule has 2 heterocycles. The Morgan fingerprint density at radius 1 is 1.14 bits per heavy atom. The van der Waals surface area contributed by atoms with E-state index in [9.17, 15) is 20.1 Å². The molecule has 1 saturated carbocycles. The third-order valence-electron chi connectivity index (χ3n) is 6.41. The van der Waals surface area contributed by atoms with Crippen LogP contribution in [0.15, 0.2) is 0 Å². The van der Waals surface area contributed by atoms with Crippen molar-refractivity contribution in [2.24, 2.45) is 17.8 Å². The zero-order valence-electron chi connectivity index (χ0n) is 17.1. The van der Waals surface area contributed by atoms with Crippen molar-refractivity contribution in [3.8, 4) is 0 Å². The maximum atomic E-state index is 13.0. The molecule has 0 radical (unpaired) electrons. The van der Waals surface area contributed by atoms with Gasteiger partial charge in [-0.1, -0.05) is 26.7 Å². The molecule has 7 nitrogen and oxygen atoms in total. The molecule has 0 aromatic heterocycles. The van der Waals surface area contributed by atoms with E-state index in [1.54, 1.807) is 6.26 Å². The first-order valence-electron chi connectivity index (χ1n) is 10.6. The SMILES string of the molecule is CS[C@H]1O[C@H]([C@H](NC(=O)[C@@H]2C[C@H](CC3CC3)CCN2)C(C)C)[C@H](O)[C@H](O)[C@H]1O. The number of nitrogens with one attached hydrogen (secondary N) is 2. The van der Waals surface area contributed by atoms with E-state index in [4.69, 9.17) is 4.74 Å². The summed E-state index contributed by atoms with van der Waals surface area (Å²) in [6.07, 6.45) is 3.15. The zero-order chi connectivity index (χ0) is 20.4. The molecule has 5 N–H and O–H groups in total. The second-order valence-corrected chi connectivity index (χ2v) is 9.97. The summed E-state index contributed by atoms with van der Waals surface area (Å²) in [5.74, 6) is 1.38. The van der Waals surface area contributed by atoms with E-state index in [1.807, 2.05) is 13.8 Å². The van der Waals surface area contributed by atoms with Crippen molar-refractivity contribution in [1.29, 1.82) is 0 Å². The fourth-order valence-electron chi connectivity index (χ4n) is 4.49. The second kappa shape index (κ2) is 9.62. The van der Waals surface area contributed by atoms with Crippen molar-refractivity contribution in [2.75, 3.05) is 12.8 Å². The molecule has 3 rings (SSSR count). The Morgan fingerprint density at radius 2 is 1.86 bits per heavy atom. The maximum absolute atomic E-state index is 13.0. The Labute approximate surface area is 172 Å². The lowest BCUT2D eigenvalue weighted by Gasteiger charge is -2.44. The number of hydrogen-bond acceptors (Lipinski definition) is 7. The molecule has 0 aromatic carbocycles. The van der Waals surface area contributed by atoms with Crippen LogP contribution in [0.2, 0.25) is 0 Å². The smallest absolute Gasteiger partial charge is 0.237 e. The van der Waals surface area contributed by atoms with Gasteiger partial charge < -0.3 is 30.7 Å². The van der Waals surface area contributed by atoms with Gasteiger partial charge in [-0.15, -0.1) is 11.8 Å². The monoisotopic (exact) mass is 416 g/mol. The van der Waals surface area contributed by atoms with Crippen LogP contribution in [0.3, 0.4) is 0 Å². The summed E-state index contributed by atoms with van der Waals surface area (Å²) in [7, 11) is 0. The number of aliphatic hydroxyl groups excluding tert-OH is 3. The highest BCUT2D eigenvalue weighted by molar-refractivity contribution is 7.99. The van der Waals surface area contributed by atoms with Gasteiger partial charge >= 0.3 is 0 Å². The Kier molecular flexibility index (Phi) is 7.66. The normalized spacial score (nSPS) is 40.3. The van der Waals surface area contributed by atoms with Gasteiger partial charge in [0.25, 0.3) is 0 Å².